The number of esters is 1. The van der Waals surface area contributed by atoms with E-state index in [1.54, 1.807) is 52.3 Å². The Labute approximate surface area is 420 Å². The molecule has 3 aromatic carbocycles. The molecule has 1 fully saturated rings. The second-order valence-corrected chi connectivity index (χ2v) is 21.1. The van der Waals surface area contributed by atoms with E-state index in [1.807, 2.05) is 97.7 Å². The number of carboxylic acid groups (broad SMARTS) is 1. The summed E-state index contributed by atoms with van der Waals surface area (Å²) >= 11 is 3.41. The number of aromatic nitrogens is 3. The number of amides is 2. The number of rotatable bonds is 15. The first-order chi connectivity index (χ1) is 32.9. The molecule has 0 saturated heterocycles. The van der Waals surface area contributed by atoms with Crippen LogP contribution in [0.15, 0.2) is 77.3 Å². The van der Waals surface area contributed by atoms with Gasteiger partial charge in [0.25, 0.3) is 5.91 Å². The first-order valence-electron chi connectivity index (χ1n) is 24.2. The number of aliphatic hydroxyl groups is 2. The lowest BCUT2D eigenvalue weighted by atomic mass is 9.83. The number of aryl methyl sites for hydroxylation is 5. The topological polar surface area (TPSA) is 201 Å². The van der Waals surface area contributed by atoms with Gasteiger partial charge in [0.1, 0.15) is 23.1 Å². The van der Waals surface area contributed by atoms with Crippen molar-refractivity contribution in [1.82, 2.24) is 24.3 Å². The Kier molecular flexibility index (Phi) is 18.7. The zero-order valence-electron chi connectivity index (χ0n) is 42.4. The predicted molar refractivity (Wildman–Crippen MR) is 279 cm³/mol. The fraction of sp³-hybridized carbons (Fsp3) is 0.473. The van der Waals surface area contributed by atoms with E-state index in [2.05, 4.69) is 38.7 Å². The van der Waals surface area contributed by atoms with Crippen molar-refractivity contribution in [2.75, 3.05) is 6.61 Å². The number of fused-ring (bicyclic) bond motifs is 3. The molecule has 3 heterocycles. The number of nitrogens with one attached hydrogen (secondary N) is 2. The van der Waals surface area contributed by atoms with Crippen molar-refractivity contribution in [3.8, 4) is 6.07 Å². The van der Waals surface area contributed by atoms with Crippen LogP contribution in [0.5, 0.6) is 0 Å². The largest absolute Gasteiger partial charge is 0.477 e. The zero-order chi connectivity index (χ0) is 51.7. The van der Waals surface area contributed by atoms with E-state index in [0.717, 1.165) is 80.4 Å². The Hall–Kier alpha value is -5.95. The van der Waals surface area contributed by atoms with Gasteiger partial charge in [-0.1, -0.05) is 73.0 Å². The minimum Gasteiger partial charge on any atom is -0.477 e. The lowest BCUT2D eigenvalue weighted by Crippen LogP contribution is -2.50. The highest BCUT2D eigenvalue weighted by atomic mass is 79.9. The molecule has 14 nitrogen and oxygen atoms in total. The van der Waals surface area contributed by atoms with E-state index in [0.29, 0.717) is 49.6 Å². The first kappa shape index (κ1) is 55.0. The fourth-order valence-electron chi connectivity index (χ4n) is 8.84. The quantitative estimate of drug-likeness (QED) is 0.0621. The van der Waals surface area contributed by atoms with Crippen molar-refractivity contribution in [2.24, 2.45) is 33.0 Å². The van der Waals surface area contributed by atoms with Crippen molar-refractivity contribution in [3.05, 3.63) is 105 Å². The number of carbonyl (C=O) groups excluding carboxylic acids is 3. The molecular weight excluding hydrogens is 953 g/mol. The zero-order valence-corrected chi connectivity index (χ0v) is 43.9. The number of aromatic carboxylic acids is 1. The number of carbonyl (C=O) groups is 4. The van der Waals surface area contributed by atoms with Crippen LogP contribution in [0, 0.1) is 23.2 Å². The van der Waals surface area contributed by atoms with E-state index in [-0.39, 0.29) is 35.4 Å². The maximum Gasteiger partial charge on any atom is 0.354 e. The van der Waals surface area contributed by atoms with Gasteiger partial charge in [0, 0.05) is 64.4 Å². The molecule has 1 aliphatic rings. The third kappa shape index (κ3) is 14.8. The van der Waals surface area contributed by atoms with Crippen LogP contribution >= 0.6 is 15.9 Å². The maximum absolute atomic E-state index is 13.3. The summed E-state index contributed by atoms with van der Waals surface area (Å²) in [5.41, 5.74) is 5.12. The minimum atomic E-state index is -0.920. The van der Waals surface area contributed by atoms with Gasteiger partial charge in [0.2, 0.25) is 5.91 Å². The highest BCUT2D eigenvalue weighted by Crippen LogP contribution is 2.28. The normalized spacial score (nSPS) is 15.4. The van der Waals surface area contributed by atoms with E-state index in [4.69, 9.17) is 9.84 Å². The Morgan fingerprint density at radius 2 is 1.24 bits per heavy atom. The number of hydrogen-bond donors (Lipinski definition) is 5. The van der Waals surface area contributed by atoms with Gasteiger partial charge < -0.3 is 44.4 Å². The molecule has 3 aromatic heterocycles. The average molecular weight is 1020 g/mol. The standard InChI is InChI=1S/C28H40N4O3.C15H19NO3.C12H12BrNO2/c1-18(2)14-21(17-29)30-26(33)22-8-6-7-9-23(22)31-27(34)25-16-20-11-10-19(12-13-28(3,4)35)15-24(20)32(25)5;1-15(2,19)7-6-10-4-5-11-9-13(14(17)18)16(3)12(11)8-10;1-3-16-12(15)11-6-8-4-5-9(13)7-10(8)14(11)2/h10-11,15-16,18,21-23,35H,6-9,12-14H2,1-5H3,(H,30,33)(H,31,34);4-5,8-9,19H,6-7H2,1-3H3,(H,17,18);4-7H,3H2,1-2H3/t21-,22+,23-;;/m0../s1. The molecule has 6 aromatic rings. The van der Waals surface area contributed by atoms with Crippen molar-refractivity contribution in [1.29, 1.82) is 5.26 Å². The molecule has 0 spiro atoms. The van der Waals surface area contributed by atoms with Crippen molar-refractivity contribution in [2.45, 2.75) is 130 Å². The maximum atomic E-state index is 13.3. The number of benzene rings is 3. The molecule has 15 heteroatoms. The van der Waals surface area contributed by atoms with Crippen LogP contribution in [0.4, 0.5) is 0 Å². The Bertz CT molecular complexity index is 2850. The molecule has 0 radical (unpaired) electrons. The summed E-state index contributed by atoms with van der Waals surface area (Å²) in [6, 6.07) is 24.8. The van der Waals surface area contributed by atoms with Crippen LogP contribution < -0.4 is 10.6 Å². The summed E-state index contributed by atoms with van der Waals surface area (Å²) in [6.07, 6.45) is 6.82. The number of nitriles is 1. The number of ether oxygens (including phenoxy) is 1. The van der Waals surface area contributed by atoms with E-state index >= 15 is 0 Å². The highest BCUT2D eigenvalue weighted by molar-refractivity contribution is 9.10. The number of nitrogens with zero attached hydrogens (tertiary/aromatic N) is 4. The molecule has 1 aliphatic carbocycles. The fourth-order valence-corrected chi connectivity index (χ4v) is 9.19. The third-order valence-electron chi connectivity index (χ3n) is 12.8. The van der Waals surface area contributed by atoms with Crippen LogP contribution in [0.1, 0.15) is 136 Å². The monoisotopic (exact) mass is 1020 g/mol. The second kappa shape index (κ2) is 23.8. The third-order valence-corrected chi connectivity index (χ3v) is 13.3. The Morgan fingerprint density at radius 3 is 1.76 bits per heavy atom. The summed E-state index contributed by atoms with van der Waals surface area (Å²) in [5.74, 6) is -1.56. The summed E-state index contributed by atoms with van der Waals surface area (Å²) in [4.78, 5) is 49.1. The van der Waals surface area contributed by atoms with Crippen molar-refractivity contribution < 1.29 is 39.2 Å². The molecule has 5 N–H and O–H groups in total. The number of carboxylic acids is 1. The van der Waals surface area contributed by atoms with E-state index in [9.17, 15) is 34.7 Å². The molecule has 0 bridgehead atoms. The molecule has 0 aliphatic heterocycles. The lowest BCUT2D eigenvalue weighted by Gasteiger charge is -2.32. The Balaban J connectivity index is 0.000000218. The lowest BCUT2D eigenvalue weighted by molar-refractivity contribution is -0.127. The van der Waals surface area contributed by atoms with Crippen molar-refractivity contribution in [3.63, 3.8) is 0 Å². The molecule has 0 unspecified atom stereocenters. The second-order valence-electron chi connectivity index (χ2n) is 20.2. The van der Waals surface area contributed by atoms with Gasteiger partial charge in [-0.2, -0.15) is 5.26 Å². The van der Waals surface area contributed by atoms with Gasteiger partial charge >= 0.3 is 11.9 Å². The highest BCUT2D eigenvalue weighted by Gasteiger charge is 2.34. The van der Waals surface area contributed by atoms with Crippen LogP contribution in [0.2, 0.25) is 0 Å². The predicted octanol–water partition coefficient (Wildman–Crippen LogP) is 9.92. The Morgan fingerprint density at radius 1 is 0.757 bits per heavy atom. The first-order valence-corrected chi connectivity index (χ1v) is 25.0. The van der Waals surface area contributed by atoms with Crippen LogP contribution in [-0.2, 0) is 43.5 Å². The summed E-state index contributed by atoms with van der Waals surface area (Å²) in [5, 5.41) is 47.3. The van der Waals surface area contributed by atoms with Gasteiger partial charge in [-0.3, -0.25) is 9.59 Å². The van der Waals surface area contributed by atoms with E-state index < -0.39 is 23.2 Å². The summed E-state index contributed by atoms with van der Waals surface area (Å²) < 4.78 is 11.4. The van der Waals surface area contributed by atoms with Gasteiger partial charge in [-0.25, -0.2) is 9.59 Å². The molecule has 1 saturated carbocycles. The molecular formula is C55H71BrN6O8. The van der Waals surface area contributed by atoms with Gasteiger partial charge in [0.15, 0.2) is 0 Å². The SMILES string of the molecule is CC(C)C[C@@H](C#N)NC(=O)[C@@H]1CCCC[C@@H]1NC(=O)c1cc2ccc(CCC(C)(C)O)cc2n1C.CCOC(=O)c1cc2ccc(Br)cc2n1C.Cn1c(C(=O)O)cc2ccc(CCC(C)(C)O)cc21. The van der Waals surface area contributed by atoms with E-state index in [1.165, 1.54) is 0 Å². The molecule has 70 heavy (non-hydrogen) atoms. The minimum absolute atomic E-state index is 0.143. The molecule has 3 atom stereocenters. The van der Waals surface area contributed by atoms with Crippen molar-refractivity contribution >= 4 is 72.4 Å². The van der Waals surface area contributed by atoms with Gasteiger partial charge in [-0.05, 0) is 139 Å². The van der Waals surface area contributed by atoms with Gasteiger partial charge in [0.05, 0.1) is 29.8 Å². The smallest absolute Gasteiger partial charge is 0.354 e. The molecule has 7 rings (SSSR count). The van der Waals surface area contributed by atoms with Crippen LogP contribution in [0.3, 0.4) is 0 Å². The van der Waals surface area contributed by atoms with Gasteiger partial charge in [-0.15, -0.1) is 0 Å². The van der Waals surface area contributed by atoms with Crippen LogP contribution in [-0.4, -0.2) is 82.7 Å². The number of halogens is 1. The van der Waals surface area contributed by atoms with Crippen LogP contribution in [0.25, 0.3) is 32.7 Å². The summed E-state index contributed by atoms with van der Waals surface area (Å²) in [7, 11) is 5.50. The number of hydrogen-bond acceptors (Lipinski definition) is 8. The molecule has 376 valence electrons. The molecule has 2 amide bonds. The average Bonchev–Trinajstić information content (AvgIpc) is 3.93. The summed E-state index contributed by atoms with van der Waals surface area (Å²) in [6.45, 7) is 13.4.